The van der Waals surface area contributed by atoms with Gasteiger partial charge in [0.05, 0.1) is 23.9 Å². The van der Waals surface area contributed by atoms with Crippen molar-refractivity contribution >= 4 is 22.9 Å². The first kappa shape index (κ1) is 20.2. The third kappa shape index (κ3) is 4.11. The van der Waals surface area contributed by atoms with Crippen LogP contribution in [0.4, 0.5) is 4.39 Å². The number of carbonyl (C=O) groups is 1. The van der Waals surface area contributed by atoms with E-state index in [9.17, 15) is 9.18 Å². The molecular weight excluding hydrogens is 403 g/mol. The van der Waals surface area contributed by atoms with Crippen molar-refractivity contribution in [3.8, 4) is 5.75 Å². The Bertz CT molecular complexity index is 1030. The van der Waals surface area contributed by atoms with E-state index in [4.69, 9.17) is 9.47 Å². The lowest BCUT2D eigenvalue weighted by Crippen LogP contribution is -2.34. The van der Waals surface area contributed by atoms with Gasteiger partial charge in [0.2, 0.25) is 0 Å². The number of carbonyl (C=O) groups excluding carboxylic acids is 1. The molecule has 5 nitrogen and oxygen atoms in total. The van der Waals surface area contributed by atoms with E-state index in [0.717, 1.165) is 16.3 Å². The van der Waals surface area contributed by atoms with E-state index >= 15 is 0 Å². The Hall–Kier alpha value is -3.06. The average molecular weight is 424 g/mol. The van der Waals surface area contributed by atoms with Crippen LogP contribution < -0.4 is 4.74 Å². The highest BCUT2D eigenvalue weighted by Crippen LogP contribution is 2.41. The minimum absolute atomic E-state index is 0.270. The maximum Gasteiger partial charge on any atom is 0.338 e. The SMILES string of the molecule is CCOC(=O)C1=C(C)N=C2SC=CN2[C@@H]1c1ccc(OCc2ccc(F)cc2)cc1. The molecule has 0 saturated heterocycles. The molecule has 154 valence electrons. The van der Waals surface area contributed by atoms with Crippen LogP contribution >= 0.6 is 11.8 Å². The van der Waals surface area contributed by atoms with Gasteiger partial charge in [0.25, 0.3) is 0 Å². The van der Waals surface area contributed by atoms with E-state index in [-0.39, 0.29) is 17.8 Å². The van der Waals surface area contributed by atoms with E-state index in [1.54, 1.807) is 19.1 Å². The van der Waals surface area contributed by atoms with Crippen LogP contribution in [0.2, 0.25) is 0 Å². The Kier molecular flexibility index (Phi) is 5.90. The molecule has 30 heavy (non-hydrogen) atoms. The number of fused-ring (bicyclic) bond motifs is 1. The zero-order valence-electron chi connectivity index (χ0n) is 16.7. The third-order valence-corrected chi connectivity index (χ3v) is 5.60. The number of rotatable bonds is 6. The number of thioether (sulfide) groups is 1. The summed E-state index contributed by atoms with van der Waals surface area (Å²) in [6.07, 6.45) is 1.93. The maximum atomic E-state index is 13.0. The molecule has 7 heteroatoms. The van der Waals surface area contributed by atoms with Gasteiger partial charge in [-0.15, -0.1) is 0 Å². The number of amidine groups is 1. The first-order valence-corrected chi connectivity index (χ1v) is 10.5. The van der Waals surface area contributed by atoms with Crippen molar-refractivity contribution in [2.45, 2.75) is 26.5 Å². The summed E-state index contributed by atoms with van der Waals surface area (Å²) in [5.41, 5.74) is 3.02. The van der Waals surface area contributed by atoms with Gasteiger partial charge in [-0.25, -0.2) is 14.2 Å². The molecule has 2 heterocycles. The fourth-order valence-electron chi connectivity index (χ4n) is 3.39. The summed E-state index contributed by atoms with van der Waals surface area (Å²) in [6.45, 7) is 4.28. The fourth-order valence-corrected chi connectivity index (χ4v) is 4.18. The molecule has 0 aliphatic carbocycles. The van der Waals surface area contributed by atoms with Crippen LogP contribution in [0.5, 0.6) is 5.75 Å². The highest BCUT2D eigenvalue weighted by atomic mass is 32.2. The van der Waals surface area contributed by atoms with Gasteiger partial charge in [-0.1, -0.05) is 36.0 Å². The molecule has 2 aliphatic rings. The summed E-state index contributed by atoms with van der Waals surface area (Å²) >= 11 is 1.52. The topological polar surface area (TPSA) is 51.1 Å². The number of benzene rings is 2. The van der Waals surface area contributed by atoms with Crippen LogP contribution in [0, 0.1) is 5.82 Å². The Balaban J connectivity index is 1.56. The Morgan fingerprint density at radius 3 is 2.60 bits per heavy atom. The molecule has 0 amide bonds. The molecule has 2 aromatic rings. The van der Waals surface area contributed by atoms with Crippen molar-refractivity contribution in [2.24, 2.45) is 4.99 Å². The van der Waals surface area contributed by atoms with E-state index in [0.29, 0.717) is 30.2 Å². The Morgan fingerprint density at radius 2 is 1.90 bits per heavy atom. The standard InChI is InChI=1S/C23H21FN2O3S/c1-3-28-22(27)20-15(2)25-23-26(12-13-30-23)21(20)17-6-10-19(11-7-17)29-14-16-4-8-18(24)9-5-16/h4-13,21H,3,14H2,1-2H3/t21-/m1/s1. The summed E-state index contributed by atoms with van der Waals surface area (Å²) < 4.78 is 24.1. The lowest BCUT2D eigenvalue weighted by molar-refractivity contribution is -0.139. The average Bonchev–Trinajstić information content (AvgIpc) is 3.21. The van der Waals surface area contributed by atoms with Gasteiger partial charge in [0.15, 0.2) is 5.17 Å². The third-order valence-electron chi connectivity index (χ3n) is 4.83. The second-order valence-electron chi connectivity index (χ2n) is 6.81. The summed E-state index contributed by atoms with van der Waals surface area (Å²) in [5.74, 6) is 0.0654. The van der Waals surface area contributed by atoms with Crippen molar-refractivity contribution in [1.82, 2.24) is 4.90 Å². The second kappa shape index (κ2) is 8.75. The number of allylic oxidation sites excluding steroid dienone is 1. The lowest BCUT2D eigenvalue weighted by atomic mass is 9.95. The quantitative estimate of drug-likeness (QED) is 0.599. The number of ether oxygens (including phenoxy) is 2. The number of esters is 1. The molecule has 0 N–H and O–H groups in total. The molecule has 2 aromatic carbocycles. The van der Waals surface area contributed by atoms with Gasteiger partial charge < -0.3 is 14.4 Å². The lowest BCUT2D eigenvalue weighted by Gasteiger charge is -2.33. The fraction of sp³-hybridized carbons (Fsp3) is 0.217. The van der Waals surface area contributed by atoms with Gasteiger partial charge in [0, 0.05) is 6.20 Å². The molecule has 0 spiro atoms. The predicted molar refractivity (Wildman–Crippen MR) is 115 cm³/mol. The van der Waals surface area contributed by atoms with Crippen LogP contribution in [0.25, 0.3) is 0 Å². The van der Waals surface area contributed by atoms with Crippen LogP contribution in [-0.4, -0.2) is 22.6 Å². The van der Waals surface area contributed by atoms with Gasteiger partial charge in [-0.05, 0) is 54.6 Å². The molecule has 0 saturated carbocycles. The molecule has 0 bridgehead atoms. The van der Waals surface area contributed by atoms with Crippen molar-refractivity contribution in [2.75, 3.05) is 6.61 Å². The number of hydrogen-bond acceptors (Lipinski definition) is 6. The smallest absolute Gasteiger partial charge is 0.338 e. The minimum Gasteiger partial charge on any atom is -0.489 e. The highest BCUT2D eigenvalue weighted by Gasteiger charge is 2.37. The van der Waals surface area contributed by atoms with Crippen molar-refractivity contribution in [3.63, 3.8) is 0 Å². The maximum absolute atomic E-state index is 13.0. The minimum atomic E-state index is -0.357. The van der Waals surface area contributed by atoms with E-state index < -0.39 is 0 Å². The summed E-state index contributed by atoms with van der Waals surface area (Å²) in [5, 5.41) is 2.79. The molecule has 0 radical (unpaired) electrons. The molecule has 2 aliphatic heterocycles. The molecule has 0 fully saturated rings. The Labute approximate surface area is 178 Å². The molecule has 0 aromatic heterocycles. The zero-order valence-corrected chi connectivity index (χ0v) is 17.5. The first-order valence-electron chi connectivity index (χ1n) is 9.62. The van der Waals surface area contributed by atoms with Gasteiger partial charge in [0.1, 0.15) is 18.2 Å². The van der Waals surface area contributed by atoms with Crippen molar-refractivity contribution in [3.05, 3.63) is 88.4 Å². The molecular formula is C23H21FN2O3S. The molecule has 1 atom stereocenters. The highest BCUT2D eigenvalue weighted by molar-refractivity contribution is 8.16. The summed E-state index contributed by atoms with van der Waals surface area (Å²) in [6, 6.07) is 13.5. The Morgan fingerprint density at radius 1 is 1.17 bits per heavy atom. The van der Waals surface area contributed by atoms with Gasteiger partial charge >= 0.3 is 5.97 Å². The number of halogens is 1. The largest absolute Gasteiger partial charge is 0.489 e. The van der Waals surface area contributed by atoms with E-state index in [2.05, 4.69) is 4.99 Å². The van der Waals surface area contributed by atoms with E-state index in [1.165, 1.54) is 23.9 Å². The number of nitrogens with zero attached hydrogens (tertiary/aromatic N) is 2. The van der Waals surface area contributed by atoms with Gasteiger partial charge in [-0.2, -0.15) is 0 Å². The van der Waals surface area contributed by atoms with Crippen LogP contribution in [0.3, 0.4) is 0 Å². The van der Waals surface area contributed by atoms with Crippen LogP contribution in [0.15, 0.2) is 76.4 Å². The predicted octanol–water partition coefficient (Wildman–Crippen LogP) is 5.17. The number of aliphatic imine (C=N–C) groups is 1. The zero-order chi connectivity index (χ0) is 21.1. The van der Waals surface area contributed by atoms with Crippen molar-refractivity contribution in [1.29, 1.82) is 0 Å². The number of hydrogen-bond donors (Lipinski definition) is 0. The normalized spacial score (nSPS) is 17.6. The monoisotopic (exact) mass is 424 g/mol. The van der Waals surface area contributed by atoms with Crippen LogP contribution in [-0.2, 0) is 16.1 Å². The summed E-state index contributed by atoms with van der Waals surface area (Å²) in [7, 11) is 0. The van der Waals surface area contributed by atoms with E-state index in [1.807, 2.05) is 47.7 Å². The molecule has 4 rings (SSSR count). The van der Waals surface area contributed by atoms with Crippen LogP contribution in [0.1, 0.15) is 31.0 Å². The summed E-state index contributed by atoms with van der Waals surface area (Å²) in [4.78, 5) is 19.2. The molecule has 0 unspecified atom stereocenters. The second-order valence-corrected chi connectivity index (χ2v) is 7.68. The van der Waals surface area contributed by atoms with Crippen molar-refractivity contribution < 1.29 is 18.7 Å². The first-order chi connectivity index (χ1) is 14.6. The van der Waals surface area contributed by atoms with Gasteiger partial charge in [-0.3, -0.25) is 0 Å².